The molecule has 0 saturated carbocycles. The average Bonchev–Trinajstić information content (AvgIpc) is 2.31. The highest BCUT2D eigenvalue weighted by Gasteiger charge is 2.10. The van der Waals surface area contributed by atoms with Gasteiger partial charge in [-0.1, -0.05) is 11.6 Å². The first-order chi connectivity index (χ1) is 8.90. The Labute approximate surface area is 121 Å². The normalized spacial score (nSPS) is 10.3. The van der Waals surface area contributed by atoms with Crippen LogP contribution in [0.2, 0.25) is 5.02 Å². The van der Waals surface area contributed by atoms with Crippen LogP contribution in [0.25, 0.3) is 0 Å². The monoisotopic (exact) mass is 303 g/mol. The van der Waals surface area contributed by atoms with Crippen LogP contribution >= 0.6 is 23.8 Å². The Bertz CT molecular complexity index is 482. The Morgan fingerprint density at radius 3 is 2.79 bits per heavy atom. The number of hydrogen-bond acceptors (Lipinski definition) is 3. The van der Waals surface area contributed by atoms with Crippen LogP contribution in [0.1, 0.15) is 0 Å². The van der Waals surface area contributed by atoms with E-state index in [0.717, 1.165) is 6.54 Å². The molecule has 0 aliphatic rings. The third-order valence-electron chi connectivity index (χ3n) is 2.32. The van der Waals surface area contributed by atoms with Crippen molar-refractivity contribution in [1.82, 2.24) is 5.32 Å². The molecule has 0 atom stereocenters. The van der Waals surface area contributed by atoms with E-state index in [2.05, 4.69) is 10.6 Å². The second kappa shape index (κ2) is 7.22. The molecule has 19 heavy (non-hydrogen) atoms. The minimum atomic E-state index is -0.479. The summed E-state index contributed by atoms with van der Waals surface area (Å²) < 4.78 is 0. The fourth-order valence-electron chi connectivity index (χ4n) is 1.32. The summed E-state index contributed by atoms with van der Waals surface area (Å²) >= 11 is 11.0. The van der Waals surface area contributed by atoms with Gasteiger partial charge in [0.2, 0.25) is 0 Å². The summed E-state index contributed by atoms with van der Waals surface area (Å²) in [5, 5.41) is 17.3. The fraction of sp³-hybridized carbons (Fsp3) is 0.364. The number of halogens is 1. The van der Waals surface area contributed by atoms with Crippen molar-refractivity contribution in [2.24, 2.45) is 0 Å². The van der Waals surface area contributed by atoms with Gasteiger partial charge in [0.1, 0.15) is 0 Å². The van der Waals surface area contributed by atoms with Crippen molar-refractivity contribution in [3.63, 3.8) is 0 Å². The molecule has 0 spiro atoms. The lowest BCUT2D eigenvalue weighted by Gasteiger charge is -2.12. The first-order valence-corrected chi connectivity index (χ1v) is 6.46. The van der Waals surface area contributed by atoms with E-state index in [1.165, 1.54) is 23.1 Å². The molecule has 3 N–H and O–H groups in total. The Balaban J connectivity index is 2.63. The number of anilines is 1. The van der Waals surface area contributed by atoms with Gasteiger partial charge in [0.25, 0.3) is 5.69 Å². The molecule has 1 aromatic carbocycles. The molecule has 104 valence electrons. The van der Waals surface area contributed by atoms with Crippen LogP contribution in [0, 0.1) is 10.1 Å². The highest BCUT2D eigenvalue weighted by Crippen LogP contribution is 2.26. The predicted octanol–water partition coefficient (Wildman–Crippen LogP) is 0.679. The van der Waals surface area contributed by atoms with Crippen LogP contribution < -0.4 is 15.5 Å². The number of non-ortho nitro benzene ring substituents is 1. The Morgan fingerprint density at radius 1 is 1.53 bits per heavy atom. The van der Waals surface area contributed by atoms with Gasteiger partial charge in [-0.15, -0.1) is 0 Å². The highest BCUT2D eigenvalue weighted by molar-refractivity contribution is 7.80. The SMILES string of the molecule is C[NH+](C)CCNC(=S)Nc1cc([N+](=O)[O-])ccc1Cl. The van der Waals surface area contributed by atoms with Gasteiger partial charge < -0.3 is 15.5 Å². The van der Waals surface area contributed by atoms with Crippen molar-refractivity contribution in [3.8, 4) is 0 Å². The van der Waals surface area contributed by atoms with Crippen LogP contribution in [0.15, 0.2) is 18.2 Å². The molecule has 1 aromatic rings. The molecule has 0 fully saturated rings. The number of benzene rings is 1. The van der Waals surface area contributed by atoms with Gasteiger partial charge in [-0.3, -0.25) is 10.1 Å². The van der Waals surface area contributed by atoms with E-state index >= 15 is 0 Å². The number of quaternary nitrogens is 1. The summed E-state index contributed by atoms with van der Waals surface area (Å²) in [6.07, 6.45) is 0. The molecule has 0 amide bonds. The molecule has 6 nitrogen and oxygen atoms in total. The van der Waals surface area contributed by atoms with Crippen molar-refractivity contribution in [1.29, 1.82) is 0 Å². The first-order valence-electron chi connectivity index (χ1n) is 5.68. The molecule has 0 radical (unpaired) electrons. The number of rotatable bonds is 5. The van der Waals surface area contributed by atoms with Gasteiger partial charge in [-0.25, -0.2) is 0 Å². The molecular formula is C11H16ClN4O2S+. The minimum Gasteiger partial charge on any atom is -0.357 e. The summed E-state index contributed by atoms with van der Waals surface area (Å²) in [6.45, 7) is 1.62. The van der Waals surface area contributed by atoms with Crippen molar-refractivity contribution in [2.75, 3.05) is 32.5 Å². The standard InChI is InChI=1S/C11H15ClN4O2S/c1-15(2)6-5-13-11(19)14-10-7-8(16(17)18)3-4-9(10)12/h3-4,7H,5-6H2,1-2H3,(H2,13,14,19)/p+1. The van der Waals surface area contributed by atoms with Gasteiger partial charge in [-0.05, 0) is 18.3 Å². The molecule has 0 saturated heterocycles. The number of hydrogen-bond donors (Lipinski definition) is 3. The number of nitrogens with one attached hydrogen (secondary N) is 3. The Morgan fingerprint density at radius 2 is 2.21 bits per heavy atom. The number of likely N-dealkylation sites (N-methyl/N-ethyl adjacent to an activating group) is 1. The van der Waals surface area contributed by atoms with Gasteiger partial charge >= 0.3 is 0 Å². The van der Waals surface area contributed by atoms with Crippen LogP contribution in [0.5, 0.6) is 0 Å². The maximum atomic E-state index is 10.7. The summed E-state index contributed by atoms with van der Waals surface area (Å²) in [7, 11) is 4.07. The largest absolute Gasteiger partial charge is 0.357 e. The second-order valence-corrected chi connectivity index (χ2v) is 5.07. The fourth-order valence-corrected chi connectivity index (χ4v) is 1.69. The molecule has 8 heteroatoms. The smallest absolute Gasteiger partial charge is 0.271 e. The van der Waals surface area contributed by atoms with E-state index in [0.29, 0.717) is 22.4 Å². The maximum absolute atomic E-state index is 10.7. The van der Waals surface area contributed by atoms with Crippen LogP contribution in [-0.2, 0) is 0 Å². The van der Waals surface area contributed by atoms with E-state index in [1.54, 1.807) is 0 Å². The lowest BCUT2D eigenvalue weighted by molar-refractivity contribution is -0.856. The second-order valence-electron chi connectivity index (χ2n) is 4.26. The number of nitro benzene ring substituents is 1. The van der Waals surface area contributed by atoms with E-state index in [4.69, 9.17) is 23.8 Å². The number of nitrogens with zero attached hydrogens (tertiary/aromatic N) is 1. The molecule has 0 heterocycles. The lowest BCUT2D eigenvalue weighted by atomic mass is 10.3. The van der Waals surface area contributed by atoms with Crippen molar-refractivity contribution >= 4 is 40.3 Å². The summed E-state index contributed by atoms with van der Waals surface area (Å²) in [5.74, 6) is 0. The summed E-state index contributed by atoms with van der Waals surface area (Å²) in [5.41, 5.74) is 0.387. The van der Waals surface area contributed by atoms with Crippen molar-refractivity contribution in [2.45, 2.75) is 0 Å². The molecule has 0 bridgehead atoms. The topological polar surface area (TPSA) is 71.6 Å². The maximum Gasteiger partial charge on any atom is 0.271 e. The summed E-state index contributed by atoms with van der Waals surface area (Å²) in [6, 6.07) is 4.17. The van der Waals surface area contributed by atoms with E-state index < -0.39 is 4.92 Å². The first kappa shape index (κ1) is 15.6. The molecule has 0 aliphatic heterocycles. The Kier molecular flexibility index (Phi) is 5.94. The summed E-state index contributed by atoms with van der Waals surface area (Å²) in [4.78, 5) is 11.5. The molecule has 0 unspecified atom stereocenters. The minimum absolute atomic E-state index is 0.0348. The predicted molar refractivity (Wildman–Crippen MR) is 80.0 cm³/mol. The third-order valence-corrected chi connectivity index (χ3v) is 2.90. The molecule has 0 aromatic heterocycles. The zero-order valence-corrected chi connectivity index (χ0v) is 12.3. The van der Waals surface area contributed by atoms with E-state index in [-0.39, 0.29) is 5.69 Å². The molecule has 0 aliphatic carbocycles. The van der Waals surface area contributed by atoms with Crippen molar-refractivity contribution in [3.05, 3.63) is 33.3 Å². The van der Waals surface area contributed by atoms with E-state index in [9.17, 15) is 10.1 Å². The zero-order valence-electron chi connectivity index (χ0n) is 10.7. The van der Waals surface area contributed by atoms with Gasteiger partial charge in [0.05, 0.1) is 42.8 Å². The van der Waals surface area contributed by atoms with E-state index in [1.807, 2.05) is 14.1 Å². The average molecular weight is 304 g/mol. The van der Waals surface area contributed by atoms with Crippen LogP contribution in [0.4, 0.5) is 11.4 Å². The number of nitro groups is 1. The molecule has 1 rings (SSSR count). The zero-order chi connectivity index (χ0) is 14.4. The van der Waals surface area contributed by atoms with Crippen LogP contribution in [0.3, 0.4) is 0 Å². The quantitative estimate of drug-likeness (QED) is 0.424. The van der Waals surface area contributed by atoms with Crippen LogP contribution in [-0.4, -0.2) is 37.2 Å². The van der Waals surface area contributed by atoms with Gasteiger partial charge in [-0.2, -0.15) is 0 Å². The van der Waals surface area contributed by atoms with Crippen molar-refractivity contribution < 1.29 is 9.82 Å². The van der Waals surface area contributed by atoms with Gasteiger partial charge in [0, 0.05) is 12.1 Å². The third kappa shape index (κ3) is 5.37. The Hall–Kier alpha value is -1.44. The molecular weight excluding hydrogens is 288 g/mol. The number of thiocarbonyl (C=S) groups is 1. The lowest BCUT2D eigenvalue weighted by Crippen LogP contribution is -3.06. The van der Waals surface area contributed by atoms with Gasteiger partial charge in [0.15, 0.2) is 5.11 Å². The highest BCUT2D eigenvalue weighted by atomic mass is 35.5.